The van der Waals surface area contributed by atoms with Crippen LogP contribution in [-0.2, 0) is 11.8 Å². The molecule has 1 aliphatic heterocycles. The van der Waals surface area contributed by atoms with Crippen LogP contribution in [0.4, 0.5) is 17.5 Å². The van der Waals surface area contributed by atoms with Crippen molar-refractivity contribution in [3.63, 3.8) is 0 Å². The van der Waals surface area contributed by atoms with Crippen LogP contribution in [0, 0.1) is 5.41 Å². The number of anilines is 3. The smallest absolute Gasteiger partial charge is 0.229 e. The van der Waals surface area contributed by atoms with Crippen LogP contribution in [0.2, 0.25) is 5.02 Å². The molecule has 1 unspecified atom stereocenters. The van der Waals surface area contributed by atoms with E-state index >= 15 is 0 Å². The first-order valence-electron chi connectivity index (χ1n) is 9.81. The number of hydrogen-bond donors (Lipinski definition) is 2. The lowest BCUT2D eigenvalue weighted by Crippen LogP contribution is -2.37. The number of carbonyl (C=O) groups excluding carboxylic acids is 1. The monoisotopic (exact) mass is 403 g/mol. The highest BCUT2D eigenvalue weighted by atomic mass is 35.5. The third-order valence-electron chi connectivity index (χ3n) is 5.92. The van der Waals surface area contributed by atoms with Gasteiger partial charge in [0.25, 0.3) is 0 Å². The van der Waals surface area contributed by atoms with E-state index in [0.29, 0.717) is 29.8 Å². The van der Waals surface area contributed by atoms with Crippen molar-refractivity contribution >= 4 is 35.0 Å². The number of aromatic nitrogens is 4. The topological polar surface area (TPSA) is 88.0 Å². The van der Waals surface area contributed by atoms with Crippen molar-refractivity contribution in [2.24, 2.45) is 12.5 Å². The summed E-state index contributed by atoms with van der Waals surface area (Å²) in [6.07, 6.45) is 10.4. The van der Waals surface area contributed by atoms with E-state index in [1.54, 1.807) is 17.1 Å². The molecule has 2 fully saturated rings. The van der Waals surface area contributed by atoms with Gasteiger partial charge in [-0.25, -0.2) is 4.98 Å². The number of rotatable bonds is 5. The quantitative estimate of drug-likeness (QED) is 0.797. The molecule has 1 aliphatic carbocycles. The van der Waals surface area contributed by atoms with Gasteiger partial charge in [0.1, 0.15) is 5.02 Å². The predicted molar refractivity (Wildman–Crippen MR) is 109 cm³/mol. The Morgan fingerprint density at radius 3 is 2.82 bits per heavy atom. The molecule has 4 rings (SSSR count). The van der Waals surface area contributed by atoms with Crippen LogP contribution in [0.25, 0.3) is 0 Å². The Hall–Kier alpha value is -2.35. The number of amides is 1. The fraction of sp³-hybridized carbons (Fsp3) is 0.579. The van der Waals surface area contributed by atoms with Crippen LogP contribution >= 0.6 is 11.6 Å². The van der Waals surface area contributed by atoms with Gasteiger partial charge in [0, 0.05) is 38.2 Å². The molecule has 1 atom stereocenters. The molecule has 3 heterocycles. The number of halogens is 1. The lowest BCUT2D eigenvalue weighted by molar-refractivity contribution is -0.130. The van der Waals surface area contributed by atoms with E-state index in [1.807, 2.05) is 25.1 Å². The highest BCUT2D eigenvalue weighted by Crippen LogP contribution is 2.47. The summed E-state index contributed by atoms with van der Waals surface area (Å²) >= 11 is 6.39. The first kappa shape index (κ1) is 19.0. The lowest BCUT2D eigenvalue weighted by atomic mass is 9.81. The average Bonchev–Trinajstić information content (AvgIpc) is 3.40. The molecule has 1 amide bonds. The van der Waals surface area contributed by atoms with Gasteiger partial charge in [0.05, 0.1) is 24.1 Å². The normalized spacial score (nSPS) is 20.7. The minimum absolute atomic E-state index is 0.107. The van der Waals surface area contributed by atoms with E-state index in [0.717, 1.165) is 25.1 Å². The second kappa shape index (κ2) is 7.58. The van der Waals surface area contributed by atoms with E-state index in [4.69, 9.17) is 11.6 Å². The lowest BCUT2D eigenvalue weighted by Gasteiger charge is -2.30. The second-order valence-electron chi connectivity index (χ2n) is 7.81. The molecule has 2 aromatic rings. The van der Waals surface area contributed by atoms with Gasteiger partial charge >= 0.3 is 0 Å². The summed E-state index contributed by atoms with van der Waals surface area (Å²) in [4.78, 5) is 23.1. The maximum atomic E-state index is 12.3. The minimum atomic E-state index is 0.107. The second-order valence-corrected chi connectivity index (χ2v) is 8.22. The zero-order chi connectivity index (χ0) is 19.7. The van der Waals surface area contributed by atoms with E-state index in [1.165, 1.54) is 12.8 Å². The number of hydrogen-bond acceptors (Lipinski definition) is 6. The Balaban J connectivity index is 1.55. The van der Waals surface area contributed by atoms with Gasteiger partial charge in [-0.2, -0.15) is 10.1 Å². The molecule has 150 valence electrons. The van der Waals surface area contributed by atoms with Crippen molar-refractivity contribution in [2.75, 3.05) is 23.7 Å². The highest BCUT2D eigenvalue weighted by Gasteiger charge is 2.49. The molecule has 0 radical (unpaired) electrons. The van der Waals surface area contributed by atoms with Crippen molar-refractivity contribution in [1.82, 2.24) is 24.6 Å². The van der Waals surface area contributed by atoms with Gasteiger partial charge in [-0.3, -0.25) is 9.48 Å². The maximum absolute atomic E-state index is 12.3. The van der Waals surface area contributed by atoms with Crippen molar-refractivity contribution < 1.29 is 4.79 Å². The fourth-order valence-corrected chi connectivity index (χ4v) is 4.62. The molecule has 1 saturated heterocycles. The number of nitrogens with zero attached hydrogens (tertiary/aromatic N) is 5. The molecule has 0 aromatic carbocycles. The number of carbonyl (C=O) groups is 1. The molecule has 8 nitrogen and oxygen atoms in total. The highest BCUT2D eigenvalue weighted by molar-refractivity contribution is 6.32. The first-order valence-corrected chi connectivity index (χ1v) is 10.2. The van der Waals surface area contributed by atoms with Crippen LogP contribution in [0.5, 0.6) is 0 Å². The van der Waals surface area contributed by atoms with E-state index in [-0.39, 0.29) is 17.4 Å². The molecule has 1 spiro atoms. The summed E-state index contributed by atoms with van der Waals surface area (Å²) in [5, 5.41) is 11.3. The number of nitrogens with one attached hydrogen (secondary N) is 2. The van der Waals surface area contributed by atoms with Crippen LogP contribution in [0.3, 0.4) is 0 Å². The van der Waals surface area contributed by atoms with Crippen molar-refractivity contribution in [2.45, 2.75) is 45.1 Å². The van der Waals surface area contributed by atoms with Crippen LogP contribution in [-0.4, -0.2) is 49.7 Å². The van der Waals surface area contributed by atoms with Gasteiger partial charge in [0.2, 0.25) is 11.9 Å². The summed E-state index contributed by atoms with van der Waals surface area (Å²) in [7, 11) is 1.85. The molecule has 2 N–H and O–H groups in total. The average molecular weight is 404 g/mol. The van der Waals surface area contributed by atoms with E-state index in [2.05, 4.69) is 25.7 Å². The Morgan fingerprint density at radius 2 is 2.14 bits per heavy atom. The zero-order valence-electron chi connectivity index (χ0n) is 16.3. The van der Waals surface area contributed by atoms with Crippen LogP contribution in [0.1, 0.15) is 39.0 Å². The molecule has 9 heteroatoms. The SMILES string of the molecule is CCC(=O)N1CC(Nc2nc(Nc3cnn(C)c3)ncc2Cl)C2(CCCC2)C1. The van der Waals surface area contributed by atoms with Gasteiger partial charge in [-0.1, -0.05) is 31.4 Å². The summed E-state index contributed by atoms with van der Waals surface area (Å²) in [5.41, 5.74) is 0.916. The number of likely N-dealkylation sites (tertiary alicyclic amines) is 1. The molecule has 2 aliphatic rings. The van der Waals surface area contributed by atoms with Gasteiger partial charge < -0.3 is 15.5 Å². The molecule has 28 heavy (non-hydrogen) atoms. The van der Waals surface area contributed by atoms with E-state index < -0.39 is 0 Å². The summed E-state index contributed by atoms with van der Waals surface area (Å²) in [6, 6.07) is 0.143. The Kier molecular flexibility index (Phi) is 5.14. The summed E-state index contributed by atoms with van der Waals surface area (Å²) in [6.45, 7) is 3.43. The molecule has 1 saturated carbocycles. The molecule has 2 aromatic heterocycles. The standard InChI is InChI=1S/C19H26ClN7O/c1-3-16(28)27-11-15(19(12-27)6-4-5-7-19)24-17-14(20)9-21-18(25-17)23-13-8-22-26(2)10-13/h8-10,15H,3-7,11-12H2,1-2H3,(H2,21,23,24,25). The fourth-order valence-electron chi connectivity index (χ4n) is 4.48. The molecule has 0 bridgehead atoms. The van der Waals surface area contributed by atoms with Crippen molar-refractivity contribution in [3.8, 4) is 0 Å². The summed E-state index contributed by atoms with van der Waals surface area (Å²) in [5.74, 6) is 1.27. The van der Waals surface area contributed by atoms with Crippen molar-refractivity contribution in [1.29, 1.82) is 0 Å². The van der Waals surface area contributed by atoms with Crippen molar-refractivity contribution in [3.05, 3.63) is 23.6 Å². The number of aryl methyl sites for hydroxylation is 1. The zero-order valence-corrected chi connectivity index (χ0v) is 17.0. The predicted octanol–water partition coefficient (Wildman–Crippen LogP) is 3.20. The Morgan fingerprint density at radius 1 is 1.36 bits per heavy atom. The van der Waals surface area contributed by atoms with E-state index in [9.17, 15) is 4.79 Å². The first-order chi connectivity index (χ1) is 13.5. The summed E-state index contributed by atoms with van der Waals surface area (Å²) < 4.78 is 1.71. The maximum Gasteiger partial charge on any atom is 0.229 e. The third kappa shape index (κ3) is 3.65. The van der Waals surface area contributed by atoms with Gasteiger partial charge in [-0.05, 0) is 12.8 Å². The van der Waals surface area contributed by atoms with Gasteiger partial charge in [-0.15, -0.1) is 0 Å². The largest absolute Gasteiger partial charge is 0.364 e. The molecular formula is C19H26ClN7O. The van der Waals surface area contributed by atoms with Crippen LogP contribution < -0.4 is 10.6 Å². The Labute approximate surface area is 169 Å². The van der Waals surface area contributed by atoms with Gasteiger partial charge in [0.15, 0.2) is 5.82 Å². The molecular weight excluding hydrogens is 378 g/mol. The Bertz CT molecular complexity index is 862. The van der Waals surface area contributed by atoms with Crippen LogP contribution in [0.15, 0.2) is 18.6 Å². The third-order valence-corrected chi connectivity index (χ3v) is 6.20. The minimum Gasteiger partial charge on any atom is -0.364 e.